The Morgan fingerprint density at radius 2 is 2.12 bits per heavy atom. The van der Waals surface area contributed by atoms with Crippen LogP contribution in [0, 0.1) is 0 Å². The van der Waals surface area contributed by atoms with Gasteiger partial charge in [-0.1, -0.05) is 11.6 Å². The lowest BCUT2D eigenvalue weighted by atomic mass is 10.1. The van der Waals surface area contributed by atoms with Crippen LogP contribution in [0.1, 0.15) is 25.5 Å². The molecule has 0 radical (unpaired) electrons. The monoisotopic (exact) mass is 243 g/mol. The molecule has 0 amide bonds. The van der Waals surface area contributed by atoms with Crippen LogP contribution in [0.4, 0.5) is 0 Å². The maximum atomic E-state index is 5.91. The minimum Gasteiger partial charge on any atom is -0.491 e. The van der Waals surface area contributed by atoms with Crippen LogP contribution in [0.5, 0.6) is 5.75 Å². The van der Waals surface area contributed by atoms with Crippen LogP contribution in [0.25, 0.3) is 0 Å². The number of ether oxygens (including phenoxy) is 2. The Labute approximate surface area is 101 Å². The average Bonchev–Trinajstić information content (AvgIpc) is 2.26. The normalized spacial score (nSPS) is 12.5. The van der Waals surface area contributed by atoms with E-state index in [1.165, 1.54) is 0 Å². The minimum absolute atomic E-state index is 0.0965. The summed E-state index contributed by atoms with van der Waals surface area (Å²) in [7, 11) is 0. The molecule has 0 aliphatic rings. The third-order valence-electron chi connectivity index (χ3n) is 2.15. The highest BCUT2D eigenvalue weighted by molar-refractivity contribution is 6.30. The predicted octanol–water partition coefficient (Wildman–Crippen LogP) is 2.78. The number of hydrogen-bond donors (Lipinski definition) is 1. The summed E-state index contributed by atoms with van der Waals surface area (Å²) in [5, 5.41) is 0.671. The zero-order valence-corrected chi connectivity index (χ0v) is 10.5. The summed E-state index contributed by atoms with van der Waals surface area (Å²) in [4.78, 5) is 0. The van der Waals surface area contributed by atoms with Crippen LogP contribution < -0.4 is 10.5 Å². The van der Waals surface area contributed by atoms with Gasteiger partial charge in [0.05, 0.1) is 6.61 Å². The summed E-state index contributed by atoms with van der Waals surface area (Å²) < 4.78 is 10.8. The van der Waals surface area contributed by atoms with Crippen molar-refractivity contribution in [2.24, 2.45) is 5.73 Å². The molecule has 3 nitrogen and oxygen atoms in total. The van der Waals surface area contributed by atoms with Gasteiger partial charge in [0, 0.05) is 23.2 Å². The predicted molar refractivity (Wildman–Crippen MR) is 66.0 cm³/mol. The van der Waals surface area contributed by atoms with Crippen LogP contribution in [-0.2, 0) is 4.74 Å². The molecule has 0 saturated carbocycles. The second-order valence-electron chi connectivity index (χ2n) is 3.52. The minimum atomic E-state index is -0.0965. The van der Waals surface area contributed by atoms with Gasteiger partial charge in [0.1, 0.15) is 12.4 Å². The van der Waals surface area contributed by atoms with Crippen LogP contribution in [0.2, 0.25) is 5.02 Å². The number of benzene rings is 1. The number of rotatable bonds is 6. The molecule has 0 heterocycles. The van der Waals surface area contributed by atoms with Crippen molar-refractivity contribution in [3.8, 4) is 5.75 Å². The fourth-order valence-corrected chi connectivity index (χ4v) is 1.54. The Hall–Kier alpha value is -0.770. The molecule has 2 N–H and O–H groups in total. The van der Waals surface area contributed by atoms with Crippen molar-refractivity contribution in [1.29, 1.82) is 0 Å². The zero-order chi connectivity index (χ0) is 12.0. The first-order valence-electron chi connectivity index (χ1n) is 5.40. The summed E-state index contributed by atoms with van der Waals surface area (Å²) in [6.45, 7) is 5.66. The molecule has 4 heteroatoms. The van der Waals surface area contributed by atoms with Crippen LogP contribution in [-0.4, -0.2) is 19.8 Å². The first kappa shape index (κ1) is 13.3. The second-order valence-corrected chi connectivity index (χ2v) is 3.95. The van der Waals surface area contributed by atoms with Crippen molar-refractivity contribution in [1.82, 2.24) is 0 Å². The lowest BCUT2D eigenvalue weighted by Gasteiger charge is -2.14. The molecular weight excluding hydrogens is 226 g/mol. The Bertz CT molecular complexity index is 329. The average molecular weight is 244 g/mol. The SMILES string of the molecule is CCOCCOc1ccc(Cl)cc1C(C)N. The van der Waals surface area contributed by atoms with Gasteiger partial charge < -0.3 is 15.2 Å². The van der Waals surface area contributed by atoms with E-state index in [4.69, 9.17) is 26.8 Å². The van der Waals surface area contributed by atoms with E-state index in [-0.39, 0.29) is 6.04 Å². The summed E-state index contributed by atoms with van der Waals surface area (Å²) in [6.07, 6.45) is 0. The molecule has 1 unspecified atom stereocenters. The van der Waals surface area contributed by atoms with Gasteiger partial charge in [0.2, 0.25) is 0 Å². The van der Waals surface area contributed by atoms with Crippen molar-refractivity contribution in [3.05, 3.63) is 28.8 Å². The number of halogens is 1. The van der Waals surface area contributed by atoms with Crippen molar-refractivity contribution in [2.75, 3.05) is 19.8 Å². The summed E-state index contributed by atoms with van der Waals surface area (Å²) in [5.41, 5.74) is 6.76. The molecule has 0 aliphatic heterocycles. The Balaban J connectivity index is 2.64. The quantitative estimate of drug-likeness (QED) is 0.782. The molecular formula is C12H18ClNO2. The molecule has 0 saturated heterocycles. The summed E-state index contributed by atoms with van der Waals surface area (Å²) >= 11 is 5.91. The van der Waals surface area contributed by atoms with E-state index < -0.39 is 0 Å². The van der Waals surface area contributed by atoms with Gasteiger partial charge in [-0.05, 0) is 32.0 Å². The highest BCUT2D eigenvalue weighted by Crippen LogP contribution is 2.27. The third-order valence-corrected chi connectivity index (χ3v) is 2.39. The van der Waals surface area contributed by atoms with Gasteiger partial charge in [-0.2, -0.15) is 0 Å². The van der Waals surface area contributed by atoms with E-state index in [0.717, 1.165) is 11.3 Å². The molecule has 0 fully saturated rings. The topological polar surface area (TPSA) is 44.5 Å². The van der Waals surface area contributed by atoms with Crippen molar-refractivity contribution in [3.63, 3.8) is 0 Å². The first-order chi connectivity index (χ1) is 7.65. The third kappa shape index (κ3) is 4.00. The smallest absolute Gasteiger partial charge is 0.124 e. The molecule has 0 aliphatic carbocycles. The molecule has 1 aromatic carbocycles. The Morgan fingerprint density at radius 1 is 1.38 bits per heavy atom. The lowest BCUT2D eigenvalue weighted by Crippen LogP contribution is -2.11. The van der Waals surface area contributed by atoms with Gasteiger partial charge in [-0.3, -0.25) is 0 Å². The standard InChI is InChI=1S/C12H18ClNO2/c1-3-15-6-7-16-12-5-4-10(13)8-11(12)9(2)14/h4-5,8-9H,3,6-7,14H2,1-2H3. The summed E-state index contributed by atoms with van der Waals surface area (Å²) in [5.74, 6) is 0.777. The van der Waals surface area contributed by atoms with Gasteiger partial charge in [-0.15, -0.1) is 0 Å². The fraction of sp³-hybridized carbons (Fsp3) is 0.500. The maximum absolute atomic E-state index is 5.91. The number of hydrogen-bond acceptors (Lipinski definition) is 3. The van der Waals surface area contributed by atoms with Gasteiger partial charge in [-0.25, -0.2) is 0 Å². The fourth-order valence-electron chi connectivity index (χ4n) is 1.36. The van der Waals surface area contributed by atoms with Gasteiger partial charge >= 0.3 is 0 Å². The molecule has 0 spiro atoms. The largest absolute Gasteiger partial charge is 0.491 e. The molecule has 1 rings (SSSR count). The first-order valence-corrected chi connectivity index (χ1v) is 5.78. The Kier molecular flexibility index (Phi) is 5.60. The van der Waals surface area contributed by atoms with Crippen molar-refractivity contribution in [2.45, 2.75) is 19.9 Å². The molecule has 0 bridgehead atoms. The molecule has 90 valence electrons. The Morgan fingerprint density at radius 3 is 2.75 bits per heavy atom. The maximum Gasteiger partial charge on any atom is 0.124 e. The second kappa shape index (κ2) is 6.74. The van der Waals surface area contributed by atoms with E-state index in [2.05, 4.69) is 0 Å². The van der Waals surface area contributed by atoms with Crippen LogP contribution in [0.15, 0.2) is 18.2 Å². The van der Waals surface area contributed by atoms with Crippen LogP contribution >= 0.6 is 11.6 Å². The molecule has 1 aromatic rings. The molecule has 0 aromatic heterocycles. The van der Waals surface area contributed by atoms with E-state index in [1.807, 2.05) is 26.0 Å². The number of nitrogens with two attached hydrogens (primary N) is 1. The van der Waals surface area contributed by atoms with E-state index in [1.54, 1.807) is 6.07 Å². The molecule has 16 heavy (non-hydrogen) atoms. The van der Waals surface area contributed by atoms with E-state index in [9.17, 15) is 0 Å². The van der Waals surface area contributed by atoms with Crippen molar-refractivity contribution >= 4 is 11.6 Å². The van der Waals surface area contributed by atoms with E-state index in [0.29, 0.717) is 24.8 Å². The lowest BCUT2D eigenvalue weighted by molar-refractivity contribution is 0.109. The van der Waals surface area contributed by atoms with Gasteiger partial charge in [0.25, 0.3) is 0 Å². The highest BCUT2D eigenvalue weighted by Gasteiger charge is 2.08. The summed E-state index contributed by atoms with van der Waals surface area (Å²) in [6, 6.07) is 5.37. The zero-order valence-electron chi connectivity index (χ0n) is 9.70. The van der Waals surface area contributed by atoms with Crippen LogP contribution in [0.3, 0.4) is 0 Å². The van der Waals surface area contributed by atoms with Crippen molar-refractivity contribution < 1.29 is 9.47 Å². The van der Waals surface area contributed by atoms with E-state index >= 15 is 0 Å². The van der Waals surface area contributed by atoms with Gasteiger partial charge in [0.15, 0.2) is 0 Å². The molecule has 1 atom stereocenters. The highest BCUT2D eigenvalue weighted by atomic mass is 35.5.